The van der Waals surface area contributed by atoms with Crippen LogP contribution in [0.5, 0.6) is 0 Å². The maximum Gasteiger partial charge on any atom is 0.264 e. The van der Waals surface area contributed by atoms with E-state index in [4.69, 9.17) is 20.9 Å². The molecule has 9 heteroatoms. The van der Waals surface area contributed by atoms with E-state index in [-0.39, 0.29) is 43.7 Å². The van der Waals surface area contributed by atoms with Gasteiger partial charge in [-0.25, -0.2) is 0 Å². The van der Waals surface area contributed by atoms with E-state index in [0.29, 0.717) is 0 Å². The zero-order valence-corrected chi connectivity index (χ0v) is 16.5. The third-order valence-corrected chi connectivity index (χ3v) is 5.58. The van der Waals surface area contributed by atoms with E-state index in [2.05, 4.69) is 0 Å². The Balaban J connectivity index is 2.29. The standard InChI is InChI=1S/C21H19N3O6/c1-8(21(29-2)30-3)24-19(27)13-14(20(24)28)16(23)12-11(15(13)22)17(25)9-6-4-5-7-10(9)18(12)26/h4-8,21H,22-23H2,1-3H3. The summed E-state index contributed by atoms with van der Waals surface area (Å²) in [5, 5.41) is -0.339. The molecule has 0 saturated heterocycles. The Morgan fingerprint density at radius 2 is 1.17 bits per heavy atom. The van der Waals surface area contributed by atoms with Crippen molar-refractivity contribution in [3.8, 4) is 0 Å². The average Bonchev–Trinajstić information content (AvgIpc) is 3.00. The van der Waals surface area contributed by atoms with Crippen LogP contribution in [-0.4, -0.2) is 25.1 Å². The van der Waals surface area contributed by atoms with Gasteiger partial charge in [0.05, 0.1) is 39.0 Å². The molecule has 30 heavy (non-hydrogen) atoms. The highest BCUT2D eigenvalue weighted by atomic mass is 16.7. The van der Waals surface area contributed by atoms with Gasteiger partial charge in [0.1, 0.15) is 0 Å². The minimum Gasteiger partial charge on any atom is -0.397 e. The fourth-order valence-corrected chi connectivity index (χ4v) is 4.17. The molecule has 4 rings (SSSR count). The zero-order chi connectivity index (χ0) is 21.9. The predicted molar refractivity (Wildman–Crippen MR) is 116 cm³/mol. The first-order valence-corrected chi connectivity index (χ1v) is 9.13. The Kier molecular flexibility index (Phi) is 4.44. The predicted octanol–water partition coefficient (Wildman–Crippen LogP) is 0.608. The number of methoxy groups -OCH3 is 2. The molecule has 0 aliphatic heterocycles. The fourth-order valence-electron chi connectivity index (χ4n) is 4.17. The van der Waals surface area contributed by atoms with Crippen molar-refractivity contribution in [1.29, 1.82) is 0 Å². The number of hydrogen-bond donors (Lipinski definition) is 2. The first-order chi connectivity index (χ1) is 14.3. The number of nitrogens with two attached hydrogens (primary N) is 2. The van der Waals surface area contributed by atoms with E-state index in [1.807, 2.05) is 0 Å². The molecular formula is C21H19N3O6. The number of fused-ring (bicyclic) bond motifs is 3. The molecule has 3 aromatic carbocycles. The van der Waals surface area contributed by atoms with Gasteiger partial charge >= 0.3 is 0 Å². The summed E-state index contributed by atoms with van der Waals surface area (Å²) >= 11 is 0. The van der Waals surface area contributed by atoms with Crippen molar-refractivity contribution in [2.75, 3.05) is 25.7 Å². The van der Waals surface area contributed by atoms with Crippen LogP contribution in [0.15, 0.2) is 43.4 Å². The van der Waals surface area contributed by atoms with Gasteiger partial charge in [-0.05, 0) is 6.92 Å². The van der Waals surface area contributed by atoms with Gasteiger partial charge in [0.2, 0.25) is 0 Å². The lowest BCUT2D eigenvalue weighted by Gasteiger charge is -2.21. The topological polar surface area (TPSA) is 144 Å². The summed E-state index contributed by atoms with van der Waals surface area (Å²) in [5.74, 6) is 0. The van der Waals surface area contributed by atoms with E-state index in [1.165, 1.54) is 26.4 Å². The summed E-state index contributed by atoms with van der Waals surface area (Å²) in [5.41, 5.74) is 9.43. The van der Waals surface area contributed by atoms with E-state index in [9.17, 15) is 19.2 Å². The molecule has 0 aliphatic carbocycles. The first kappa shape index (κ1) is 19.7. The van der Waals surface area contributed by atoms with Crippen molar-refractivity contribution >= 4 is 43.7 Å². The van der Waals surface area contributed by atoms with Crippen LogP contribution in [0.25, 0.3) is 32.3 Å². The SMILES string of the molecule is COC(OC)C(C)n1c(=O)c2c(N)c3c(=O)c4ccccc4c(=O)c3c(N)c2c1=O. The third-order valence-electron chi connectivity index (χ3n) is 5.58. The van der Waals surface area contributed by atoms with Crippen LogP contribution in [0.1, 0.15) is 13.0 Å². The van der Waals surface area contributed by atoms with E-state index < -0.39 is 34.3 Å². The van der Waals surface area contributed by atoms with E-state index in [0.717, 1.165) is 4.57 Å². The van der Waals surface area contributed by atoms with Crippen LogP contribution in [0.3, 0.4) is 0 Å². The lowest BCUT2D eigenvalue weighted by Crippen LogP contribution is -2.36. The van der Waals surface area contributed by atoms with Crippen LogP contribution in [-0.2, 0) is 9.47 Å². The number of benzene rings is 3. The van der Waals surface area contributed by atoms with Crippen molar-refractivity contribution in [2.24, 2.45) is 0 Å². The Labute approximate surface area is 168 Å². The van der Waals surface area contributed by atoms with Gasteiger partial charge in [0.15, 0.2) is 17.1 Å². The van der Waals surface area contributed by atoms with E-state index >= 15 is 0 Å². The zero-order valence-electron chi connectivity index (χ0n) is 16.5. The number of nitrogen functional groups attached to an aromatic ring is 2. The van der Waals surface area contributed by atoms with Gasteiger partial charge in [-0.15, -0.1) is 0 Å². The van der Waals surface area contributed by atoms with Crippen molar-refractivity contribution < 1.29 is 9.47 Å². The molecule has 0 spiro atoms. The minimum absolute atomic E-state index is 0.152. The van der Waals surface area contributed by atoms with Crippen LogP contribution < -0.4 is 33.4 Å². The summed E-state index contributed by atoms with van der Waals surface area (Å²) in [6.07, 6.45) is -0.892. The van der Waals surface area contributed by atoms with Crippen LogP contribution in [0.4, 0.5) is 11.4 Å². The normalized spacial score (nSPS) is 13.1. The van der Waals surface area contributed by atoms with Crippen LogP contribution >= 0.6 is 0 Å². The van der Waals surface area contributed by atoms with Gasteiger partial charge in [-0.2, -0.15) is 0 Å². The third kappa shape index (κ3) is 2.36. The number of ether oxygens (including phenoxy) is 2. The smallest absolute Gasteiger partial charge is 0.264 e. The van der Waals surface area contributed by atoms with Crippen molar-refractivity contribution in [3.05, 3.63) is 65.4 Å². The second kappa shape index (κ2) is 6.75. The highest BCUT2D eigenvalue weighted by molar-refractivity contribution is 6.20. The molecule has 0 fully saturated rings. The molecule has 0 aliphatic rings. The molecule has 4 N–H and O–H groups in total. The summed E-state index contributed by atoms with van der Waals surface area (Å²) in [7, 11) is 2.75. The highest BCUT2D eigenvalue weighted by Gasteiger charge is 2.29. The summed E-state index contributed by atoms with van der Waals surface area (Å²) < 4.78 is 11.3. The highest BCUT2D eigenvalue weighted by Crippen LogP contribution is 2.32. The van der Waals surface area contributed by atoms with Gasteiger partial charge in [-0.3, -0.25) is 23.7 Å². The maximum atomic E-state index is 13.1. The summed E-state index contributed by atoms with van der Waals surface area (Å²) in [6, 6.07) is 5.44. The molecule has 1 aromatic heterocycles. The van der Waals surface area contributed by atoms with Crippen LogP contribution in [0.2, 0.25) is 0 Å². The molecule has 4 aromatic rings. The Morgan fingerprint density at radius 1 is 0.767 bits per heavy atom. The quantitative estimate of drug-likeness (QED) is 0.216. The Bertz CT molecular complexity index is 1440. The molecule has 154 valence electrons. The van der Waals surface area contributed by atoms with Crippen molar-refractivity contribution in [1.82, 2.24) is 4.57 Å². The monoisotopic (exact) mass is 409 g/mol. The molecule has 0 bridgehead atoms. The summed E-state index contributed by atoms with van der Waals surface area (Å²) in [4.78, 5) is 52.5. The number of anilines is 2. The van der Waals surface area contributed by atoms with Gasteiger partial charge in [0.25, 0.3) is 11.1 Å². The molecule has 9 nitrogen and oxygen atoms in total. The molecule has 1 unspecified atom stereocenters. The summed E-state index contributed by atoms with van der Waals surface area (Å²) in [6.45, 7) is 1.57. The Morgan fingerprint density at radius 3 is 1.53 bits per heavy atom. The van der Waals surface area contributed by atoms with Gasteiger partial charge in [-0.1, -0.05) is 24.3 Å². The first-order valence-electron chi connectivity index (χ1n) is 9.13. The second-order valence-corrected chi connectivity index (χ2v) is 7.09. The number of hydrogen-bond acceptors (Lipinski definition) is 8. The minimum atomic E-state index is -0.892. The molecule has 1 atom stereocenters. The number of aromatic nitrogens is 1. The number of rotatable bonds is 4. The maximum absolute atomic E-state index is 13.1. The molecular weight excluding hydrogens is 390 g/mol. The lowest BCUT2D eigenvalue weighted by atomic mass is 9.97. The molecule has 0 radical (unpaired) electrons. The lowest BCUT2D eigenvalue weighted by molar-refractivity contribution is -0.129. The van der Waals surface area contributed by atoms with Crippen molar-refractivity contribution in [2.45, 2.75) is 19.3 Å². The Hall–Kier alpha value is -3.56. The second-order valence-electron chi connectivity index (χ2n) is 7.09. The fraction of sp³-hybridized carbons (Fsp3) is 0.238. The van der Waals surface area contributed by atoms with Crippen molar-refractivity contribution in [3.63, 3.8) is 0 Å². The van der Waals surface area contributed by atoms with Gasteiger partial charge in [0, 0.05) is 25.0 Å². The number of nitrogens with zero attached hydrogens (tertiary/aromatic N) is 1. The molecule has 1 heterocycles. The van der Waals surface area contributed by atoms with E-state index in [1.54, 1.807) is 19.1 Å². The molecule has 0 saturated carbocycles. The van der Waals surface area contributed by atoms with Crippen LogP contribution in [0, 0.1) is 0 Å². The average molecular weight is 409 g/mol. The van der Waals surface area contributed by atoms with Gasteiger partial charge < -0.3 is 20.9 Å². The molecule has 0 amide bonds. The largest absolute Gasteiger partial charge is 0.397 e.